The van der Waals surface area contributed by atoms with Crippen molar-refractivity contribution in [1.82, 2.24) is 25.0 Å². The van der Waals surface area contributed by atoms with Gasteiger partial charge in [-0.1, -0.05) is 36.4 Å². The maximum absolute atomic E-state index is 5.25. The van der Waals surface area contributed by atoms with Crippen LogP contribution in [0.4, 0.5) is 0 Å². The van der Waals surface area contributed by atoms with Crippen molar-refractivity contribution in [2.24, 2.45) is 12.0 Å². The van der Waals surface area contributed by atoms with Gasteiger partial charge in [-0.3, -0.25) is 0 Å². The molecule has 170 valence electrons. The average molecular weight is 546 g/mol. The van der Waals surface area contributed by atoms with Crippen molar-refractivity contribution in [1.29, 1.82) is 0 Å². The third-order valence-electron chi connectivity index (χ3n) is 5.84. The molecule has 3 aromatic rings. The molecular formula is C24H31IN6O. The van der Waals surface area contributed by atoms with Crippen molar-refractivity contribution in [2.75, 3.05) is 20.2 Å². The monoisotopic (exact) mass is 546 g/mol. The number of nitrogens with one attached hydrogen (secondary N) is 1. The van der Waals surface area contributed by atoms with Crippen LogP contribution in [0.5, 0.6) is 5.75 Å². The molecule has 0 saturated carbocycles. The molecule has 0 radical (unpaired) electrons. The number of guanidine groups is 1. The highest BCUT2D eigenvalue weighted by molar-refractivity contribution is 14.0. The molecule has 0 amide bonds. The van der Waals surface area contributed by atoms with Crippen LogP contribution in [0.25, 0.3) is 0 Å². The van der Waals surface area contributed by atoms with Crippen LogP contribution in [0.2, 0.25) is 0 Å². The number of rotatable bonds is 6. The summed E-state index contributed by atoms with van der Waals surface area (Å²) in [5, 5.41) is 12.0. The molecule has 1 aromatic heterocycles. The molecule has 1 aliphatic rings. The Bertz CT molecular complexity index is 1050. The van der Waals surface area contributed by atoms with E-state index in [-0.39, 0.29) is 24.0 Å². The number of hydrogen-bond donors (Lipinski definition) is 1. The Morgan fingerprint density at radius 3 is 2.53 bits per heavy atom. The van der Waals surface area contributed by atoms with E-state index in [4.69, 9.17) is 9.73 Å². The van der Waals surface area contributed by atoms with E-state index in [2.05, 4.69) is 56.8 Å². The summed E-state index contributed by atoms with van der Waals surface area (Å²) in [4.78, 5) is 7.24. The van der Waals surface area contributed by atoms with E-state index < -0.39 is 0 Å². The molecule has 0 unspecified atom stereocenters. The topological polar surface area (TPSA) is 67.6 Å². The van der Waals surface area contributed by atoms with Gasteiger partial charge in [-0.2, -0.15) is 0 Å². The molecule has 8 heteroatoms. The van der Waals surface area contributed by atoms with Gasteiger partial charge in [0.15, 0.2) is 11.8 Å². The Labute approximate surface area is 206 Å². The quantitative estimate of drug-likeness (QED) is 0.291. The number of ether oxygens (including phenoxy) is 1. The van der Waals surface area contributed by atoms with Crippen molar-refractivity contribution in [3.8, 4) is 5.75 Å². The fraction of sp³-hybridized carbons (Fsp3) is 0.375. The van der Waals surface area contributed by atoms with Gasteiger partial charge in [0, 0.05) is 26.7 Å². The first-order chi connectivity index (χ1) is 15.1. The summed E-state index contributed by atoms with van der Waals surface area (Å²) >= 11 is 0. The molecule has 4 rings (SSSR count). The molecule has 0 atom stereocenters. The summed E-state index contributed by atoms with van der Waals surface area (Å²) in [5.41, 5.74) is 4.06. The first-order valence-electron chi connectivity index (χ1n) is 10.7. The minimum Gasteiger partial charge on any atom is -0.497 e. The molecule has 0 fully saturated rings. The number of aliphatic imine (C=N–C) groups is 1. The molecule has 7 nitrogen and oxygen atoms in total. The lowest BCUT2D eigenvalue weighted by molar-refractivity contribution is 0.377. The van der Waals surface area contributed by atoms with Crippen LogP contribution in [0.3, 0.4) is 0 Å². The van der Waals surface area contributed by atoms with E-state index >= 15 is 0 Å². The molecule has 0 spiro atoms. The van der Waals surface area contributed by atoms with Crippen LogP contribution in [0.1, 0.15) is 28.3 Å². The van der Waals surface area contributed by atoms with E-state index in [1.807, 2.05) is 30.7 Å². The van der Waals surface area contributed by atoms with Crippen LogP contribution in [-0.4, -0.2) is 45.8 Å². The van der Waals surface area contributed by atoms with E-state index in [0.29, 0.717) is 6.54 Å². The fourth-order valence-electron chi connectivity index (χ4n) is 3.79. The lowest BCUT2D eigenvalue weighted by Crippen LogP contribution is -2.44. The predicted octanol–water partition coefficient (Wildman–Crippen LogP) is 3.50. The number of benzene rings is 2. The van der Waals surface area contributed by atoms with Gasteiger partial charge in [0.05, 0.1) is 7.11 Å². The van der Waals surface area contributed by atoms with Gasteiger partial charge >= 0.3 is 0 Å². The highest BCUT2D eigenvalue weighted by Crippen LogP contribution is 2.19. The van der Waals surface area contributed by atoms with E-state index in [1.165, 1.54) is 16.7 Å². The van der Waals surface area contributed by atoms with Gasteiger partial charge in [0.1, 0.15) is 18.1 Å². The Balaban J connectivity index is 0.00000289. The van der Waals surface area contributed by atoms with E-state index in [1.54, 1.807) is 7.11 Å². The molecule has 1 aliphatic heterocycles. The minimum atomic E-state index is 0. The number of halogens is 1. The Hall–Kier alpha value is -2.62. The number of nitrogens with zero attached hydrogens (tertiary/aromatic N) is 5. The highest BCUT2D eigenvalue weighted by Gasteiger charge is 2.19. The largest absolute Gasteiger partial charge is 0.497 e. The lowest BCUT2D eigenvalue weighted by atomic mass is 10.0. The van der Waals surface area contributed by atoms with Gasteiger partial charge in [-0.25, -0.2) is 4.99 Å². The van der Waals surface area contributed by atoms with Crippen LogP contribution < -0.4 is 10.1 Å². The van der Waals surface area contributed by atoms with Crippen LogP contribution in [0, 0.1) is 6.92 Å². The second kappa shape index (κ2) is 11.3. The number of methoxy groups -OCH3 is 1. The summed E-state index contributed by atoms with van der Waals surface area (Å²) in [5.74, 6) is 3.56. The molecule has 2 heterocycles. The van der Waals surface area contributed by atoms with Crippen LogP contribution >= 0.6 is 24.0 Å². The van der Waals surface area contributed by atoms with E-state index in [9.17, 15) is 0 Å². The van der Waals surface area contributed by atoms with Gasteiger partial charge in [-0.15, -0.1) is 34.2 Å². The zero-order chi connectivity index (χ0) is 21.6. The highest BCUT2D eigenvalue weighted by atomic mass is 127. The Kier molecular flexibility index (Phi) is 8.49. The molecule has 0 saturated heterocycles. The minimum absolute atomic E-state index is 0. The smallest absolute Gasteiger partial charge is 0.194 e. The summed E-state index contributed by atoms with van der Waals surface area (Å²) in [6.07, 6.45) is 1.94. The van der Waals surface area contributed by atoms with Gasteiger partial charge in [0.2, 0.25) is 0 Å². The molecule has 0 bridgehead atoms. The van der Waals surface area contributed by atoms with Gasteiger partial charge in [-0.05, 0) is 48.6 Å². The van der Waals surface area contributed by atoms with Crippen molar-refractivity contribution in [2.45, 2.75) is 32.9 Å². The number of hydrogen-bond acceptors (Lipinski definition) is 4. The van der Waals surface area contributed by atoms with Crippen molar-refractivity contribution < 1.29 is 4.74 Å². The molecule has 1 N–H and O–H groups in total. The Morgan fingerprint density at radius 1 is 1.09 bits per heavy atom. The molecule has 0 aliphatic carbocycles. The zero-order valence-corrected chi connectivity index (χ0v) is 21.2. The maximum Gasteiger partial charge on any atom is 0.194 e. The lowest BCUT2D eigenvalue weighted by Gasteiger charge is -2.32. The SMILES string of the molecule is COc1ccc(CCNC(=NCc2nnc(C)n2C)N2CCc3ccccc3C2)cc1.I. The van der Waals surface area contributed by atoms with Crippen molar-refractivity contribution in [3.63, 3.8) is 0 Å². The number of aromatic nitrogens is 3. The predicted molar refractivity (Wildman–Crippen MR) is 138 cm³/mol. The van der Waals surface area contributed by atoms with E-state index in [0.717, 1.165) is 55.8 Å². The van der Waals surface area contributed by atoms with Crippen molar-refractivity contribution >= 4 is 29.9 Å². The molecule has 32 heavy (non-hydrogen) atoms. The average Bonchev–Trinajstić information content (AvgIpc) is 3.13. The normalized spacial score (nSPS) is 13.3. The fourth-order valence-corrected chi connectivity index (χ4v) is 3.79. The van der Waals surface area contributed by atoms with Gasteiger partial charge in [0.25, 0.3) is 0 Å². The first kappa shape index (κ1) is 24.0. The standard InChI is InChI=1S/C24H30N6O.HI/c1-18-27-28-23(29(18)2)16-26-24(25-14-12-19-8-10-22(31-3)11-9-19)30-15-13-20-6-4-5-7-21(20)17-30;/h4-11H,12-17H2,1-3H3,(H,25,26);1H. The first-order valence-corrected chi connectivity index (χ1v) is 10.7. The van der Waals surface area contributed by atoms with Crippen LogP contribution in [-0.2, 0) is 33.0 Å². The summed E-state index contributed by atoms with van der Waals surface area (Å²) in [6, 6.07) is 16.9. The van der Waals surface area contributed by atoms with Crippen LogP contribution in [0.15, 0.2) is 53.5 Å². The maximum atomic E-state index is 5.25. The second-order valence-electron chi connectivity index (χ2n) is 7.83. The molecule has 2 aromatic carbocycles. The number of aryl methyl sites for hydroxylation is 1. The third kappa shape index (κ3) is 5.79. The summed E-state index contributed by atoms with van der Waals surface area (Å²) in [6.45, 7) is 5.07. The Morgan fingerprint density at radius 2 is 1.84 bits per heavy atom. The summed E-state index contributed by atoms with van der Waals surface area (Å²) in [7, 11) is 3.67. The summed E-state index contributed by atoms with van der Waals surface area (Å²) < 4.78 is 7.24. The zero-order valence-electron chi connectivity index (χ0n) is 18.9. The van der Waals surface area contributed by atoms with Crippen molar-refractivity contribution in [3.05, 3.63) is 76.9 Å². The number of fused-ring (bicyclic) bond motifs is 1. The molecular weight excluding hydrogens is 515 g/mol. The van der Waals surface area contributed by atoms with Gasteiger partial charge < -0.3 is 19.5 Å². The second-order valence-corrected chi connectivity index (χ2v) is 7.83. The third-order valence-corrected chi connectivity index (χ3v) is 5.84.